The van der Waals surface area contributed by atoms with E-state index in [1.54, 1.807) is 0 Å². The fourth-order valence-electron chi connectivity index (χ4n) is 4.39. The van der Waals surface area contributed by atoms with Crippen molar-refractivity contribution in [1.29, 1.82) is 0 Å². The van der Waals surface area contributed by atoms with E-state index in [9.17, 15) is 0 Å². The van der Waals surface area contributed by atoms with Crippen LogP contribution >= 0.6 is 0 Å². The fourth-order valence-corrected chi connectivity index (χ4v) is 4.39. The second-order valence-corrected chi connectivity index (χ2v) is 6.82. The minimum Gasteiger partial charge on any atom is -0.329 e. The Kier molecular flexibility index (Phi) is 6.31. The maximum atomic E-state index is 6.33. The first-order valence-electron chi connectivity index (χ1n) is 8.95. The molecule has 2 fully saturated rings. The van der Waals surface area contributed by atoms with Crippen LogP contribution in [0.3, 0.4) is 0 Å². The molecule has 0 bridgehead atoms. The Hall–Kier alpha value is -0.120. The molecule has 2 aliphatic heterocycles. The first-order chi connectivity index (χ1) is 9.75. The van der Waals surface area contributed by atoms with Crippen molar-refractivity contribution in [3.63, 3.8) is 0 Å². The predicted molar refractivity (Wildman–Crippen MR) is 87.0 cm³/mol. The zero-order valence-electron chi connectivity index (χ0n) is 13.7. The second kappa shape index (κ2) is 7.77. The molecule has 2 heterocycles. The molecule has 3 nitrogen and oxygen atoms in total. The quantitative estimate of drug-likeness (QED) is 0.860. The predicted octanol–water partition coefficient (Wildman–Crippen LogP) is 2.84. The van der Waals surface area contributed by atoms with Gasteiger partial charge in [0.1, 0.15) is 0 Å². The normalized spacial score (nSPS) is 34.6. The first-order valence-corrected chi connectivity index (χ1v) is 8.95. The number of rotatable bonds is 4. The van der Waals surface area contributed by atoms with E-state index in [4.69, 9.17) is 5.73 Å². The van der Waals surface area contributed by atoms with Gasteiger partial charge in [-0.1, -0.05) is 26.7 Å². The van der Waals surface area contributed by atoms with Crippen molar-refractivity contribution in [2.45, 2.75) is 76.8 Å². The Bertz CT molecular complexity index is 281. The van der Waals surface area contributed by atoms with Crippen LogP contribution in [0.1, 0.15) is 65.2 Å². The summed E-state index contributed by atoms with van der Waals surface area (Å²) in [5.74, 6) is 0. The molecular weight excluding hydrogens is 246 g/mol. The number of nitrogens with two attached hydrogens (primary N) is 1. The molecule has 0 aliphatic carbocycles. The molecule has 20 heavy (non-hydrogen) atoms. The van der Waals surface area contributed by atoms with E-state index >= 15 is 0 Å². The van der Waals surface area contributed by atoms with Crippen molar-refractivity contribution in [1.82, 2.24) is 9.80 Å². The SMILES string of the molecule is CCC1CCCCCN1C1(CN)CCCN(CC)CC1. The average molecular weight is 281 g/mol. The van der Waals surface area contributed by atoms with Crippen molar-refractivity contribution in [3.05, 3.63) is 0 Å². The van der Waals surface area contributed by atoms with Gasteiger partial charge in [0, 0.05) is 18.1 Å². The largest absolute Gasteiger partial charge is 0.329 e. The molecule has 118 valence electrons. The molecule has 2 rings (SSSR count). The van der Waals surface area contributed by atoms with Crippen LogP contribution in [0.25, 0.3) is 0 Å². The van der Waals surface area contributed by atoms with Gasteiger partial charge in [-0.3, -0.25) is 4.90 Å². The monoisotopic (exact) mass is 281 g/mol. The highest BCUT2D eigenvalue weighted by Crippen LogP contribution is 2.34. The summed E-state index contributed by atoms with van der Waals surface area (Å²) in [7, 11) is 0. The van der Waals surface area contributed by atoms with Crippen molar-refractivity contribution in [2.24, 2.45) is 5.73 Å². The Labute approximate surface area is 125 Å². The molecule has 0 spiro atoms. The molecule has 0 aromatic carbocycles. The minimum absolute atomic E-state index is 0.287. The lowest BCUT2D eigenvalue weighted by Crippen LogP contribution is -2.58. The van der Waals surface area contributed by atoms with Crippen LogP contribution in [-0.4, -0.2) is 54.1 Å². The third kappa shape index (κ3) is 3.55. The van der Waals surface area contributed by atoms with E-state index in [1.165, 1.54) is 77.5 Å². The maximum Gasteiger partial charge on any atom is 0.0347 e. The van der Waals surface area contributed by atoms with E-state index < -0.39 is 0 Å². The van der Waals surface area contributed by atoms with Gasteiger partial charge in [-0.05, 0) is 64.7 Å². The Morgan fingerprint density at radius 3 is 2.55 bits per heavy atom. The van der Waals surface area contributed by atoms with Gasteiger partial charge in [0.05, 0.1) is 0 Å². The van der Waals surface area contributed by atoms with Gasteiger partial charge >= 0.3 is 0 Å². The van der Waals surface area contributed by atoms with Gasteiger partial charge in [0.2, 0.25) is 0 Å². The highest BCUT2D eigenvalue weighted by Gasteiger charge is 2.40. The highest BCUT2D eigenvalue weighted by atomic mass is 15.3. The lowest BCUT2D eigenvalue weighted by Gasteiger charge is -2.47. The van der Waals surface area contributed by atoms with Crippen molar-refractivity contribution in [2.75, 3.05) is 32.7 Å². The maximum absolute atomic E-state index is 6.33. The molecular formula is C17H35N3. The van der Waals surface area contributed by atoms with Crippen LogP contribution in [0.4, 0.5) is 0 Å². The minimum atomic E-state index is 0.287. The van der Waals surface area contributed by atoms with E-state index in [1.807, 2.05) is 0 Å². The van der Waals surface area contributed by atoms with Gasteiger partial charge < -0.3 is 10.6 Å². The third-order valence-electron chi connectivity index (χ3n) is 5.79. The van der Waals surface area contributed by atoms with Crippen LogP contribution in [0, 0.1) is 0 Å². The fraction of sp³-hybridized carbons (Fsp3) is 1.00. The van der Waals surface area contributed by atoms with Gasteiger partial charge in [0.25, 0.3) is 0 Å². The Balaban J connectivity index is 2.14. The third-order valence-corrected chi connectivity index (χ3v) is 5.79. The summed E-state index contributed by atoms with van der Waals surface area (Å²) in [4.78, 5) is 5.45. The van der Waals surface area contributed by atoms with E-state index in [-0.39, 0.29) is 5.54 Å². The molecule has 2 N–H and O–H groups in total. The number of nitrogens with zero attached hydrogens (tertiary/aromatic N) is 2. The lowest BCUT2D eigenvalue weighted by atomic mass is 9.86. The van der Waals surface area contributed by atoms with Crippen LogP contribution < -0.4 is 5.73 Å². The topological polar surface area (TPSA) is 32.5 Å². The molecule has 0 aromatic rings. The highest BCUT2D eigenvalue weighted by molar-refractivity contribution is 4.97. The van der Waals surface area contributed by atoms with E-state index in [0.29, 0.717) is 0 Å². The summed E-state index contributed by atoms with van der Waals surface area (Å²) >= 11 is 0. The van der Waals surface area contributed by atoms with Crippen LogP contribution in [0.2, 0.25) is 0 Å². The summed E-state index contributed by atoms with van der Waals surface area (Å²) in [5, 5.41) is 0. The summed E-state index contributed by atoms with van der Waals surface area (Å²) < 4.78 is 0. The van der Waals surface area contributed by atoms with Crippen molar-refractivity contribution >= 4 is 0 Å². The summed E-state index contributed by atoms with van der Waals surface area (Å²) in [5.41, 5.74) is 6.62. The molecule has 2 atom stereocenters. The Morgan fingerprint density at radius 2 is 1.85 bits per heavy atom. The Morgan fingerprint density at radius 1 is 1.00 bits per heavy atom. The molecule has 0 aromatic heterocycles. The summed E-state index contributed by atoms with van der Waals surface area (Å²) in [6.07, 6.45) is 10.8. The van der Waals surface area contributed by atoms with Gasteiger partial charge in [-0.15, -0.1) is 0 Å². The summed E-state index contributed by atoms with van der Waals surface area (Å²) in [6.45, 7) is 10.5. The van der Waals surface area contributed by atoms with Crippen LogP contribution in [0.15, 0.2) is 0 Å². The molecule has 2 aliphatic rings. The van der Waals surface area contributed by atoms with Gasteiger partial charge in [0.15, 0.2) is 0 Å². The standard InChI is InChI=1S/C17H35N3/c1-3-16-9-6-5-7-13-20(16)17(15-18)10-8-12-19(4-2)14-11-17/h16H,3-15,18H2,1-2H3. The molecule has 2 unspecified atom stereocenters. The second-order valence-electron chi connectivity index (χ2n) is 6.82. The zero-order valence-corrected chi connectivity index (χ0v) is 13.7. The lowest BCUT2D eigenvalue weighted by molar-refractivity contribution is 0.0354. The zero-order chi connectivity index (χ0) is 14.4. The molecule has 0 radical (unpaired) electrons. The number of hydrogen-bond donors (Lipinski definition) is 1. The molecule has 2 saturated heterocycles. The van der Waals surface area contributed by atoms with E-state index in [2.05, 4.69) is 23.6 Å². The number of likely N-dealkylation sites (tertiary alicyclic amines) is 2. The first kappa shape index (κ1) is 16.3. The van der Waals surface area contributed by atoms with Crippen LogP contribution in [-0.2, 0) is 0 Å². The average Bonchev–Trinajstić information content (AvgIpc) is 2.85. The van der Waals surface area contributed by atoms with E-state index in [0.717, 1.165) is 12.6 Å². The summed E-state index contributed by atoms with van der Waals surface area (Å²) in [6, 6.07) is 0.772. The van der Waals surface area contributed by atoms with Crippen LogP contribution in [0.5, 0.6) is 0 Å². The van der Waals surface area contributed by atoms with Gasteiger partial charge in [-0.25, -0.2) is 0 Å². The van der Waals surface area contributed by atoms with Crippen molar-refractivity contribution < 1.29 is 0 Å². The molecule has 0 saturated carbocycles. The van der Waals surface area contributed by atoms with Gasteiger partial charge in [-0.2, -0.15) is 0 Å². The number of hydrogen-bond acceptors (Lipinski definition) is 3. The van der Waals surface area contributed by atoms with Crippen molar-refractivity contribution in [3.8, 4) is 0 Å². The smallest absolute Gasteiger partial charge is 0.0347 e. The molecule has 3 heteroatoms. The molecule has 0 amide bonds.